The van der Waals surface area contributed by atoms with Gasteiger partial charge in [-0.25, -0.2) is 0 Å². The van der Waals surface area contributed by atoms with Crippen LogP contribution in [0.4, 0.5) is 13.2 Å². The molecule has 1 aromatic rings. The molecule has 1 aromatic carbocycles. The van der Waals surface area contributed by atoms with E-state index in [1.54, 1.807) is 16.5 Å². The smallest absolute Gasteiger partial charge is 0.195 e. The second-order valence-electron chi connectivity index (χ2n) is 4.66. The number of halogens is 4. The molecule has 0 aromatic heterocycles. The van der Waals surface area contributed by atoms with E-state index in [0.29, 0.717) is 11.5 Å². The highest BCUT2D eigenvalue weighted by atomic mass is 35.5. The second kappa shape index (κ2) is 6.96. The number of nitrogens with zero attached hydrogens (tertiary/aromatic N) is 1. The molecule has 1 saturated heterocycles. The molecule has 2 rings (SSSR count). The Balaban J connectivity index is 2.25. The van der Waals surface area contributed by atoms with Crippen LogP contribution in [0.2, 0.25) is 5.02 Å². The lowest BCUT2D eigenvalue weighted by Gasteiger charge is -2.29. The van der Waals surface area contributed by atoms with Crippen LogP contribution in [0.5, 0.6) is 0 Å². The Morgan fingerprint density at radius 2 is 1.73 bits per heavy atom. The molecule has 0 radical (unpaired) electrons. The van der Waals surface area contributed by atoms with Gasteiger partial charge in [0.15, 0.2) is 0 Å². The first-order chi connectivity index (χ1) is 10.2. The molecule has 124 valence electrons. The maximum absolute atomic E-state index is 13.2. The molecule has 1 heterocycles. The predicted octanol–water partition coefficient (Wildman–Crippen LogP) is 2.83. The fourth-order valence-corrected chi connectivity index (χ4v) is 4.63. The Morgan fingerprint density at radius 3 is 2.23 bits per heavy atom. The molecule has 1 N–H and O–H groups in total. The molecule has 1 unspecified atom stereocenters. The minimum absolute atomic E-state index is 0.200. The summed E-state index contributed by atoms with van der Waals surface area (Å²) in [5, 5.41) is 0.278. The first kappa shape index (κ1) is 17.9. The number of rotatable bonds is 4. The number of hydrogen-bond donors (Lipinski definition) is 1. The van der Waals surface area contributed by atoms with E-state index in [4.69, 9.17) is 11.6 Å². The van der Waals surface area contributed by atoms with Crippen molar-refractivity contribution in [3.63, 3.8) is 0 Å². The molecule has 0 bridgehead atoms. The van der Waals surface area contributed by atoms with E-state index in [2.05, 4.69) is 0 Å². The standard InChI is InChI=1S/C12H14ClF3N2O2S2/c13-10-3-1-9(2-4-10)11(12(14,15)16)17-22(19,20)18-5-7-21-8-6-18/h1-4,11,17H,5-8H2. The van der Waals surface area contributed by atoms with Crippen LogP contribution >= 0.6 is 23.4 Å². The first-order valence-electron chi connectivity index (χ1n) is 6.37. The second-order valence-corrected chi connectivity index (χ2v) is 8.02. The van der Waals surface area contributed by atoms with Crippen LogP contribution in [0.25, 0.3) is 0 Å². The summed E-state index contributed by atoms with van der Waals surface area (Å²) in [5.41, 5.74) is -0.202. The zero-order chi connectivity index (χ0) is 16.4. The number of alkyl halides is 3. The largest absolute Gasteiger partial charge is 0.408 e. The fourth-order valence-electron chi connectivity index (χ4n) is 1.99. The third kappa shape index (κ3) is 4.51. The quantitative estimate of drug-likeness (QED) is 0.881. The highest BCUT2D eigenvalue weighted by Gasteiger charge is 2.44. The molecule has 4 nitrogen and oxygen atoms in total. The normalized spacial score (nSPS) is 19.1. The van der Waals surface area contributed by atoms with Gasteiger partial charge in [-0.2, -0.15) is 42.4 Å². The van der Waals surface area contributed by atoms with Gasteiger partial charge in [0.25, 0.3) is 10.2 Å². The summed E-state index contributed by atoms with van der Waals surface area (Å²) in [4.78, 5) is 0. The summed E-state index contributed by atoms with van der Waals surface area (Å²) in [6.45, 7) is 0.399. The molecule has 0 saturated carbocycles. The van der Waals surface area contributed by atoms with Crippen molar-refractivity contribution in [3.05, 3.63) is 34.9 Å². The Kier molecular flexibility index (Phi) is 5.65. The zero-order valence-corrected chi connectivity index (χ0v) is 13.7. The zero-order valence-electron chi connectivity index (χ0n) is 11.3. The summed E-state index contributed by atoms with van der Waals surface area (Å²) in [6, 6.07) is 2.61. The van der Waals surface area contributed by atoms with Crippen molar-refractivity contribution in [2.45, 2.75) is 12.2 Å². The maximum atomic E-state index is 13.2. The highest BCUT2D eigenvalue weighted by Crippen LogP contribution is 2.34. The number of nitrogens with one attached hydrogen (secondary N) is 1. The van der Waals surface area contributed by atoms with Crippen molar-refractivity contribution in [2.75, 3.05) is 24.6 Å². The molecule has 1 fully saturated rings. The first-order valence-corrected chi connectivity index (χ1v) is 9.35. The SMILES string of the molecule is O=S(=O)(NC(c1ccc(Cl)cc1)C(F)(F)F)N1CCSCC1. The van der Waals surface area contributed by atoms with Gasteiger partial charge in [0.1, 0.15) is 6.04 Å². The van der Waals surface area contributed by atoms with Crippen LogP contribution < -0.4 is 4.72 Å². The van der Waals surface area contributed by atoms with Gasteiger partial charge in [-0.1, -0.05) is 23.7 Å². The molecule has 1 atom stereocenters. The summed E-state index contributed by atoms with van der Waals surface area (Å²) < 4.78 is 66.8. The molecule has 10 heteroatoms. The van der Waals surface area contributed by atoms with E-state index in [1.165, 1.54) is 12.1 Å². The van der Waals surface area contributed by atoms with Crippen LogP contribution in [0.3, 0.4) is 0 Å². The third-order valence-electron chi connectivity index (χ3n) is 3.11. The van der Waals surface area contributed by atoms with Crippen LogP contribution in [-0.4, -0.2) is 43.5 Å². The molecule has 22 heavy (non-hydrogen) atoms. The van der Waals surface area contributed by atoms with Crippen molar-refractivity contribution < 1.29 is 21.6 Å². The number of benzene rings is 1. The van der Waals surface area contributed by atoms with Gasteiger partial charge in [-0.05, 0) is 17.7 Å². The molecular formula is C12H14ClF3N2O2S2. The van der Waals surface area contributed by atoms with Gasteiger partial charge in [-0.15, -0.1) is 0 Å². The predicted molar refractivity (Wildman–Crippen MR) is 81.2 cm³/mol. The summed E-state index contributed by atoms with van der Waals surface area (Å²) in [7, 11) is -4.21. The van der Waals surface area contributed by atoms with Gasteiger partial charge < -0.3 is 0 Å². The average Bonchev–Trinajstić information content (AvgIpc) is 2.46. The lowest BCUT2D eigenvalue weighted by atomic mass is 10.1. The van der Waals surface area contributed by atoms with E-state index >= 15 is 0 Å². The van der Waals surface area contributed by atoms with E-state index < -0.39 is 22.4 Å². The average molecular weight is 375 g/mol. The van der Waals surface area contributed by atoms with E-state index in [-0.39, 0.29) is 23.7 Å². The number of thioether (sulfide) groups is 1. The van der Waals surface area contributed by atoms with Gasteiger partial charge in [0.2, 0.25) is 0 Å². The molecule has 1 aliphatic heterocycles. The monoisotopic (exact) mass is 374 g/mol. The van der Waals surface area contributed by atoms with E-state index in [0.717, 1.165) is 16.4 Å². The van der Waals surface area contributed by atoms with E-state index in [9.17, 15) is 21.6 Å². The van der Waals surface area contributed by atoms with Crippen molar-refractivity contribution >= 4 is 33.6 Å². The Bertz CT molecular complexity index is 602. The summed E-state index contributed by atoms with van der Waals surface area (Å²) in [5.74, 6) is 1.14. The Morgan fingerprint density at radius 1 is 1.18 bits per heavy atom. The van der Waals surface area contributed by atoms with Crippen molar-refractivity contribution in [3.8, 4) is 0 Å². The third-order valence-corrected chi connectivity index (χ3v) is 5.88. The van der Waals surface area contributed by atoms with Crippen molar-refractivity contribution in [1.82, 2.24) is 9.03 Å². The van der Waals surface area contributed by atoms with E-state index in [1.807, 2.05) is 0 Å². The lowest BCUT2D eigenvalue weighted by molar-refractivity contribution is -0.153. The van der Waals surface area contributed by atoms with Crippen molar-refractivity contribution in [1.29, 1.82) is 0 Å². The minimum Gasteiger partial charge on any atom is -0.195 e. The van der Waals surface area contributed by atoms with Crippen molar-refractivity contribution in [2.24, 2.45) is 0 Å². The van der Waals surface area contributed by atoms with Crippen LogP contribution in [-0.2, 0) is 10.2 Å². The fraction of sp³-hybridized carbons (Fsp3) is 0.500. The van der Waals surface area contributed by atoms with Gasteiger partial charge in [0.05, 0.1) is 0 Å². The summed E-state index contributed by atoms with van der Waals surface area (Å²) in [6.07, 6.45) is -4.74. The topological polar surface area (TPSA) is 49.4 Å². The van der Waals surface area contributed by atoms with Gasteiger partial charge >= 0.3 is 6.18 Å². The highest BCUT2D eigenvalue weighted by molar-refractivity contribution is 7.99. The van der Waals surface area contributed by atoms with Crippen LogP contribution in [0.1, 0.15) is 11.6 Å². The van der Waals surface area contributed by atoms with Crippen LogP contribution in [0.15, 0.2) is 24.3 Å². The molecule has 0 aliphatic carbocycles. The lowest BCUT2D eigenvalue weighted by Crippen LogP contribution is -2.48. The maximum Gasteiger partial charge on any atom is 0.408 e. The minimum atomic E-state index is -4.74. The molecule has 0 spiro atoms. The molecular weight excluding hydrogens is 361 g/mol. The summed E-state index contributed by atoms with van der Waals surface area (Å²) >= 11 is 7.22. The molecule has 0 amide bonds. The van der Waals surface area contributed by atoms with Gasteiger partial charge in [-0.3, -0.25) is 0 Å². The molecule has 1 aliphatic rings. The van der Waals surface area contributed by atoms with Crippen LogP contribution in [0, 0.1) is 0 Å². The van der Waals surface area contributed by atoms with Gasteiger partial charge in [0, 0.05) is 29.6 Å². The Hall–Kier alpha value is -0.480. The number of hydrogen-bond acceptors (Lipinski definition) is 3. The Labute approximate surface area is 136 Å².